The van der Waals surface area contributed by atoms with Gasteiger partial charge >= 0.3 is 6.09 Å². The molecular formula is C25H44N4O3. The second-order valence-corrected chi connectivity index (χ2v) is 11.8. The monoisotopic (exact) mass is 448 g/mol. The summed E-state index contributed by atoms with van der Waals surface area (Å²) in [6.45, 7) is 16.9. The van der Waals surface area contributed by atoms with Crippen molar-refractivity contribution in [2.24, 2.45) is 22.2 Å². The normalized spacial score (nSPS) is 30.5. The zero-order valence-corrected chi connectivity index (χ0v) is 21.0. The third kappa shape index (κ3) is 5.02. The van der Waals surface area contributed by atoms with Gasteiger partial charge in [0.25, 0.3) is 0 Å². The second-order valence-electron chi connectivity index (χ2n) is 11.8. The van der Waals surface area contributed by atoms with E-state index in [4.69, 9.17) is 14.5 Å². The zero-order chi connectivity index (χ0) is 23.1. The molecule has 182 valence electrons. The van der Waals surface area contributed by atoms with Crippen LogP contribution in [0.5, 0.6) is 0 Å². The lowest BCUT2D eigenvalue weighted by molar-refractivity contribution is -0.107. The average molecular weight is 449 g/mol. The summed E-state index contributed by atoms with van der Waals surface area (Å²) in [5.41, 5.74) is -0.326. The minimum absolute atomic E-state index is 0.131. The van der Waals surface area contributed by atoms with Crippen molar-refractivity contribution >= 4 is 12.1 Å². The molecule has 32 heavy (non-hydrogen) atoms. The molecule has 4 fully saturated rings. The predicted molar refractivity (Wildman–Crippen MR) is 127 cm³/mol. The highest BCUT2D eigenvalue weighted by molar-refractivity contribution is 5.81. The van der Waals surface area contributed by atoms with Crippen molar-refractivity contribution in [3.8, 4) is 0 Å². The van der Waals surface area contributed by atoms with E-state index in [0.717, 1.165) is 58.0 Å². The van der Waals surface area contributed by atoms with Gasteiger partial charge in [-0.2, -0.15) is 0 Å². The summed E-state index contributed by atoms with van der Waals surface area (Å²) in [5, 5.41) is 3.82. The van der Waals surface area contributed by atoms with Crippen LogP contribution >= 0.6 is 0 Å². The van der Waals surface area contributed by atoms with Crippen molar-refractivity contribution < 1.29 is 14.3 Å². The van der Waals surface area contributed by atoms with Crippen molar-refractivity contribution in [1.29, 1.82) is 0 Å². The Morgan fingerprint density at radius 1 is 1.19 bits per heavy atom. The summed E-state index contributed by atoms with van der Waals surface area (Å²) in [4.78, 5) is 22.2. The van der Waals surface area contributed by atoms with Crippen LogP contribution in [0.2, 0.25) is 0 Å². The second kappa shape index (κ2) is 9.03. The number of ether oxygens (including phenoxy) is 2. The fraction of sp³-hybridized carbons (Fsp3) is 0.920. The van der Waals surface area contributed by atoms with Gasteiger partial charge in [0, 0.05) is 56.2 Å². The van der Waals surface area contributed by atoms with Gasteiger partial charge in [0.1, 0.15) is 5.60 Å². The molecule has 2 aliphatic carbocycles. The fourth-order valence-electron chi connectivity index (χ4n) is 5.80. The maximum Gasteiger partial charge on any atom is 0.410 e. The lowest BCUT2D eigenvalue weighted by atomic mass is 9.57. The fourth-order valence-corrected chi connectivity index (χ4v) is 5.80. The van der Waals surface area contributed by atoms with E-state index >= 15 is 0 Å². The maximum absolute atomic E-state index is 13.0. The highest BCUT2D eigenvalue weighted by atomic mass is 16.6. The lowest BCUT2D eigenvalue weighted by Crippen LogP contribution is -2.68. The Kier molecular flexibility index (Phi) is 6.68. The van der Waals surface area contributed by atoms with E-state index in [1.54, 1.807) is 0 Å². The van der Waals surface area contributed by atoms with Crippen molar-refractivity contribution in [2.45, 2.75) is 97.4 Å². The van der Waals surface area contributed by atoms with E-state index in [2.05, 4.69) is 31.0 Å². The number of carbonyl (C=O) groups excluding carboxylic acids is 1. The predicted octanol–water partition coefficient (Wildman–Crippen LogP) is 3.88. The summed E-state index contributed by atoms with van der Waals surface area (Å²) in [6.07, 6.45) is 5.75. The number of fused-ring (bicyclic) bond motifs is 1. The van der Waals surface area contributed by atoms with E-state index in [1.165, 1.54) is 12.8 Å². The Morgan fingerprint density at radius 3 is 2.47 bits per heavy atom. The van der Waals surface area contributed by atoms with Gasteiger partial charge in [-0.15, -0.1) is 0 Å². The number of hydrogen-bond acceptors (Lipinski definition) is 4. The van der Waals surface area contributed by atoms with Crippen molar-refractivity contribution in [2.75, 3.05) is 32.8 Å². The number of amides is 1. The Morgan fingerprint density at radius 2 is 1.88 bits per heavy atom. The third-order valence-corrected chi connectivity index (χ3v) is 7.68. The largest absolute Gasteiger partial charge is 0.444 e. The average Bonchev–Trinajstić information content (AvgIpc) is 3.42. The quantitative estimate of drug-likeness (QED) is 0.511. The highest BCUT2D eigenvalue weighted by Crippen LogP contribution is 2.52. The van der Waals surface area contributed by atoms with Crippen LogP contribution in [-0.2, 0) is 9.47 Å². The van der Waals surface area contributed by atoms with Crippen LogP contribution in [0.1, 0.15) is 73.6 Å². The molecule has 0 bridgehead atoms. The van der Waals surface area contributed by atoms with Crippen molar-refractivity contribution in [3.63, 3.8) is 0 Å². The first-order valence-corrected chi connectivity index (χ1v) is 12.8. The number of hydrogen-bond donors (Lipinski definition) is 1. The van der Waals surface area contributed by atoms with E-state index < -0.39 is 5.60 Å². The molecule has 2 saturated heterocycles. The van der Waals surface area contributed by atoms with Gasteiger partial charge in [-0.25, -0.2) is 4.79 Å². The van der Waals surface area contributed by atoms with E-state index in [9.17, 15) is 4.79 Å². The molecule has 0 aromatic heterocycles. The van der Waals surface area contributed by atoms with Crippen LogP contribution in [0.15, 0.2) is 4.99 Å². The summed E-state index contributed by atoms with van der Waals surface area (Å²) < 4.78 is 11.7. The molecule has 2 heterocycles. The molecule has 0 radical (unpaired) electrons. The van der Waals surface area contributed by atoms with Gasteiger partial charge < -0.3 is 24.6 Å². The van der Waals surface area contributed by atoms with Gasteiger partial charge in [0.15, 0.2) is 5.96 Å². The molecule has 0 spiro atoms. The van der Waals surface area contributed by atoms with Crippen LogP contribution in [-0.4, -0.2) is 78.4 Å². The molecule has 0 aromatic rings. The molecule has 4 aliphatic rings. The van der Waals surface area contributed by atoms with Crippen LogP contribution in [0, 0.1) is 17.3 Å². The number of guanidine groups is 1. The van der Waals surface area contributed by atoms with Crippen molar-refractivity contribution in [1.82, 2.24) is 15.1 Å². The highest BCUT2D eigenvalue weighted by Gasteiger charge is 2.59. The van der Waals surface area contributed by atoms with E-state index in [1.807, 2.05) is 25.7 Å². The van der Waals surface area contributed by atoms with Gasteiger partial charge in [0.2, 0.25) is 0 Å². The molecule has 7 nitrogen and oxygen atoms in total. The van der Waals surface area contributed by atoms with Gasteiger partial charge in [0.05, 0.1) is 6.10 Å². The SMILES string of the molecule is CCN=C(NC1C2CCOC2C1(C)C)N1CCC(N(CC2CC2)C(=O)OC(C)(C)C)CC1. The first kappa shape index (κ1) is 23.7. The summed E-state index contributed by atoms with van der Waals surface area (Å²) in [7, 11) is 0. The topological polar surface area (TPSA) is 66.4 Å². The van der Waals surface area contributed by atoms with Crippen LogP contribution in [0.25, 0.3) is 0 Å². The molecule has 2 saturated carbocycles. The van der Waals surface area contributed by atoms with Gasteiger partial charge in [-0.3, -0.25) is 4.99 Å². The van der Waals surface area contributed by atoms with Crippen LogP contribution in [0.3, 0.4) is 0 Å². The van der Waals surface area contributed by atoms with Gasteiger partial charge in [-0.1, -0.05) is 13.8 Å². The summed E-state index contributed by atoms with van der Waals surface area (Å²) in [5.74, 6) is 2.27. The van der Waals surface area contributed by atoms with E-state index in [0.29, 0.717) is 24.0 Å². The number of nitrogens with zero attached hydrogens (tertiary/aromatic N) is 3. The number of likely N-dealkylation sites (tertiary alicyclic amines) is 1. The minimum atomic E-state index is -0.456. The molecule has 3 atom stereocenters. The number of nitrogens with one attached hydrogen (secondary N) is 1. The number of aliphatic imine (C=N–C) groups is 1. The molecule has 3 unspecified atom stereocenters. The smallest absolute Gasteiger partial charge is 0.410 e. The molecule has 1 amide bonds. The molecule has 7 heteroatoms. The zero-order valence-electron chi connectivity index (χ0n) is 21.0. The Labute approximate surface area is 194 Å². The first-order valence-electron chi connectivity index (χ1n) is 12.8. The molecule has 1 N–H and O–H groups in total. The Bertz CT molecular complexity index is 704. The Hall–Kier alpha value is -1.50. The molecule has 4 rings (SSSR count). The molecule has 2 aliphatic heterocycles. The molecular weight excluding hydrogens is 404 g/mol. The summed E-state index contributed by atoms with van der Waals surface area (Å²) >= 11 is 0. The van der Waals surface area contributed by atoms with Gasteiger partial charge in [-0.05, 0) is 65.7 Å². The number of carbonyl (C=O) groups is 1. The first-order chi connectivity index (χ1) is 15.1. The number of rotatable bonds is 5. The Balaban J connectivity index is 1.37. The minimum Gasteiger partial charge on any atom is -0.444 e. The number of piperidine rings is 1. The standard InChI is InChI=1S/C25H44N4O3/c1-7-26-22(27-20-19-12-15-31-21(19)25(20,5)6)28-13-10-18(11-14-28)29(16-17-8-9-17)23(30)32-24(2,3)4/h17-21H,7-16H2,1-6H3,(H,26,27). The summed E-state index contributed by atoms with van der Waals surface area (Å²) in [6, 6.07) is 0.656. The van der Waals surface area contributed by atoms with E-state index in [-0.39, 0.29) is 17.6 Å². The molecule has 0 aromatic carbocycles. The van der Waals surface area contributed by atoms with Crippen LogP contribution in [0.4, 0.5) is 4.79 Å². The lowest BCUT2D eigenvalue weighted by Gasteiger charge is -2.55. The van der Waals surface area contributed by atoms with Crippen molar-refractivity contribution in [3.05, 3.63) is 0 Å². The maximum atomic E-state index is 13.0. The van der Waals surface area contributed by atoms with Crippen LogP contribution < -0.4 is 5.32 Å². The third-order valence-electron chi connectivity index (χ3n) is 7.68.